The van der Waals surface area contributed by atoms with Crippen molar-refractivity contribution >= 4 is 5.84 Å². The van der Waals surface area contributed by atoms with Gasteiger partial charge in [-0.25, -0.2) is 0 Å². The van der Waals surface area contributed by atoms with Crippen LogP contribution in [0.3, 0.4) is 0 Å². The van der Waals surface area contributed by atoms with Gasteiger partial charge < -0.3 is 15.2 Å². The summed E-state index contributed by atoms with van der Waals surface area (Å²) in [6, 6.07) is 0. The highest BCUT2D eigenvalue weighted by molar-refractivity contribution is 5.80. The van der Waals surface area contributed by atoms with Crippen molar-refractivity contribution in [3.63, 3.8) is 0 Å². The van der Waals surface area contributed by atoms with Crippen LogP contribution in [0.25, 0.3) is 0 Å². The van der Waals surface area contributed by atoms with Crippen LogP contribution in [0.5, 0.6) is 0 Å². The van der Waals surface area contributed by atoms with Crippen LogP contribution in [0.4, 0.5) is 13.2 Å². The molecule has 0 aliphatic rings. The Kier molecular flexibility index (Phi) is 5.91. The lowest BCUT2D eigenvalue weighted by molar-refractivity contribution is -0.170. The lowest BCUT2D eigenvalue weighted by atomic mass is 10.1. The summed E-state index contributed by atoms with van der Waals surface area (Å²) in [6.45, 7) is 5.10. The second-order valence-corrected chi connectivity index (χ2v) is 4.59. The highest BCUT2D eigenvalue weighted by Crippen LogP contribution is 2.26. The van der Waals surface area contributed by atoms with Crippen LogP contribution < -0.4 is 5.73 Å². The predicted molar refractivity (Wildman–Crippen MR) is 58.0 cm³/mol. The van der Waals surface area contributed by atoms with Crippen molar-refractivity contribution in [3.8, 4) is 0 Å². The Morgan fingerprint density at radius 1 is 1.24 bits per heavy atom. The van der Waals surface area contributed by atoms with E-state index < -0.39 is 24.5 Å². The number of hydrogen-bond acceptors (Lipinski definition) is 3. The van der Waals surface area contributed by atoms with Crippen LogP contribution in [0.15, 0.2) is 0 Å². The molecule has 0 heterocycles. The third-order valence-corrected chi connectivity index (χ3v) is 1.82. The van der Waals surface area contributed by atoms with Crippen LogP contribution in [0.1, 0.15) is 20.8 Å². The van der Waals surface area contributed by atoms with E-state index in [0.717, 1.165) is 0 Å². The van der Waals surface area contributed by atoms with Gasteiger partial charge in [-0.15, -0.1) is 0 Å². The molecule has 0 aliphatic carbocycles. The Hall–Kier alpha value is -0.820. The van der Waals surface area contributed by atoms with Crippen LogP contribution in [-0.4, -0.2) is 37.4 Å². The molecule has 17 heavy (non-hydrogen) atoms. The van der Waals surface area contributed by atoms with E-state index in [1.54, 1.807) is 0 Å². The maximum atomic E-state index is 12.3. The summed E-state index contributed by atoms with van der Waals surface area (Å²) in [5, 5.41) is 6.83. The zero-order valence-corrected chi connectivity index (χ0v) is 10.2. The van der Waals surface area contributed by atoms with E-state index in [-0.39, 0.29) is 18.8 Å². The Labute approximate surface area is 98.8 Å². The summed E-state index contributed by atoms with van der Waals surface area (Å²) >= 11 is 0. The van der Waals surface area contributed by atoms with Gasteiger partial charge in [0.25, 0.3) is 0 Å². The molecule has 7 heteroatoms. The topological polar surface area (TPSA) is 68.3 Å². The van der Waals surface area contributed by atoms with Gasteiger partial charge in [0, 0.05) is 0 Å². The molecule has 0 aromatic rings. The summed E-state index contributed by atoms with van der Waals surface area (Å²) in [6.07, 6.45) is -4.54. The Morgan fingerprint density at radius 3 is 2.12 bits per heavy atom. The van der Waals surface area contributed by atoms with Crippen LogP contribution in [0, 0.1) is 11.3 Å². The van der Waals surface area contributed by atoms with Gasteiger partial charge in [-0.2, -0.15) is 13.2 Å². The van der Waals surface area contributed by atoms with Crippen molar-refractivity contribution in [1.29, 1.82) is 5.41 Å². The quantitative estimate of drug-likeness (QED) is 0.433. The monoisotopic (exact) mass is 256 g/mol. The summed E-state index contributed by atoms with van der Waals surface area (Å²) in [5.41, 5.74) is 4.51. The smallest absolute Gasteiger partial charge is 0.387 e. The Bertz CT molecular complexity index is 249. The lowest BCUT2D eigenvalue weighted by Crippen LogP contribution is -2.38. The van der Waals surface area contributed by atoms with Crippen molar-refractivity contribution < 1.29 is 22.6 Å². The fourth-order valence-electron chi connectivity index (χ4n) is 0.969. The minimum atomic E-state index is -4.54. The first-order valence-electron chi connectivity index (χ1n) is 5.16. The first kappa shape index (κ1) is 16.2. The van der Waals surface area contributed by atoms with Crippen molar-refractivity contribution in [2.45, 2.75) is 32.5 Å². The molecule has 4 nitrogen and oxygen atoms in total. The van der Waals surface area contributed by atoms with Gasteiger partial charge in [0.15, 0.2) is 0 Å². The zero-order chi connectivity index (χ0) is 13.7. The number of nitrogens with one attached hydrogen (secondary N) is 1. The summed E-state index contributed by atoms with van der Waals surface area (Å²) in [5.74, 6) is -2.98. The molecule has 0 fully saturated rings. The Balaban J connectivity index is 3.90. The van der Waals surface area contributed by atoms with Crippen molar-refractivity contribution in [2.75, 3.05) is 19.8 Å². The molecule has 0 bridgehead atoms. The van der Waals surface area contributed by atoms with E-state index in [2.05, 4.69) is 0 Å². The van der Waals surface area contributed by atoms with Gasteiger partial charge >= 0.3 is 6.18 Å². The zero-order valence-electron chi connectivity index (χ0n) is 10.2. The van der Waals surface area contributed by atoms with Gasteiger partial charge in [-0.3, -0.25) is 5.41 Å². The van der Waals surface area contributed by atoms with Gasteiger partial charge in [-0.1, -0.05) is 0 Å². The molecule has 1 unspecified atom stereocenters. The first-order valence-corrected chi connectivity index (χ1v) is 5.16. The normalized spacial score (nSPS) is 14.7. The molecule has 0 spiro atoms. The third kappa shape index (κ3) is 7.98. The van der Waals surface area contributed by atoms with Crippen LogP contribution in [-0.2, 0) is 9.47 Å². The number of alkyl halides is 3. The van der Waals surface area contributed by atoms with E-state index in [1.165, 1.54) is 0 Å². The average molecular weight is 256 g/mol. The number of amidine groups is 1. The van der Waals surface area contributed by atoms with Crippen molar-refractivity contribution in [1.82, 2.24) is 0 Å². The third-order valence-electron chi connectivity index (χ3n) is 1.82. The van der Waals surface area contributed by atoms with Crippen molar-refractivity contribution in [3.05, 3.63) is 0 Å². The van der Waals surface area contributed by atoms with Gasteiger partial charge in [0.05, 0.1) is 25.4 Å². The fraction of sp³-hybridized carbons (Fsp3) is 0.900. The van der Waals surface area contributed by atoms with Gasteiger partial charge in [0.1, 0.15) is 11.8 Å². The maximum absolute atomic E-state index is 12.3. The molecule has 0 radical (unpaired) electrons. The number of hydrogen-bond donors (Lipinski definition) is 2. The second kappa shape index (κ2) is 6.20. The largest absolute Gasteiger partial charge is 0.400 e. The lowest BCUT2D eigenvalue weighted by Gasteiger charge is -2.21. The average Bonchev–Trinajstić information content (AvgIpc) is 2.05. The molecule has 0 amide bonds. The van der Waals surface area contributed by atoms with E-state index in [1.807, 2.05) is 20.8 Å². The van der Waals surface area contributed by atoms with Crippen LogP contribution >= 0.6 is 0 Å². The summed E-state index contributed by atoms with van der Waals surface area (Å²) in [7, 11) is 0. The first-order chi connectivity index (χ1) is 7.54. The molecule has 0 aliphatic heterocycles. The predicted octanol–water partition coefficient (Wildman–Crippen LogP) is 1.93. The minimum Gasteiger partial charge on any atom is -0.387 e. The number of nitrogens with two attached hydrogens (primary N) is 1. The van der Waals surface area contributed by atoms with Crippen molar-refractivity contribution in [2.24, 2.45) is 11.7 Å². The maximum Gasteiger partial charge on any atom is 0.400 e. The van der Waals surface area contributed by atoms with E-state index in [0.29, 0.717) is 0 Å². The van der Waals surface area contributed by atoms with E-state index in [9.17, 15) is 13.2 Å². The van der Waals surface area contributed by atoms with E-state index >= 15 is 0 Å². The standard InChI is InChI=1S/C10H19F3N2O2/c1-9(2,3)17-5-4-16-6-7(8(14)15)10(11,12)13/h7H,4-6H2,1-3H3,(H3,14,15). The highest BCUT2D eigenvalue weighted by atomic mass is 19.4. The number of halogens is 3. The second-order valence-electron chi connectivity index (χ2n) is 4.59. The molecule has 0 saturated carbocycles. The highest BCUT2D eigenvalue weighted by Gasteiger charge is 2.42. The molecule has 0 aromatic carbocycles. The molecule has 102 valence electrons. The Morgan fingerprint density at radius 2 is 1.76 bits per heavy atom. The van der Waals surface area contributed by atoms with Gasteiger partial charge in [-0.05, 0) is 20.8 Å². The summed E-state index contributed by atoms with van der Waals surface area (Å²) < 4.78 is 47.1. The minimum absolute atomic E-state index is 0.0388. The molecule has 0 aromatic heterocycles. The fourth-order valence-corrected chi connectivity index (χ4v) is 0.969. The van der Waals surface area contributed by atoms with Gasteiger partial charge in [0.2, 0.25) is 0 Å². The molecule has 0 rings (SSSR count). The summed E-state index contributed by atoms with van der Waals surface area (Å²) in [4.78, 5) is 0. The SMILES string of the molecule is CC(C)(C)OCCOCC(C(=N)N)C(F)(F)F. The van der Waals surface area contributed by atoms with Crippen LogP contribution in [0.2, 0.25) is 0 Å². The molecule has 3 N–H and O–H groups in total. The molecule has 1 atom stereocenters. The number of rotatable bonds is 6. The molecular weight excluding hydrogens is 237 g/mol. The molecule has 0 saturated heterocycles. The molecular formula is C10H19F3N2O2. The number of ether oxygens (including phenoxy) is 2. The van der Waals surface area contributed by atoms with E-state index in [4.69, 9.17) is 20.6 Å².